The molecule has 2 aliphatic heterocycles. The third kappa shape index (κ3) is 3.72. The Labute approximate surface area is 157 Å². The van der Waals surface area contributed by atoms with Gasteiger partial charge in [-0.25, -0.2) is 14.2 Å². The number of fused-ring (bicyclic) bond motifs is 2. The van der Waals surface area contributed by atoms with Crippen molar-refractivity contribution in [3.63, 3.8) is 0 Å². The molecule has 0 saturated carbocycles. The van der Waals surface area contributed by atoms with Crippen LogP contribution in [-0.4, -0.2) is 69.4 Å². The fraction of sp³-hybridized carbons (Fsp3) is 0.765. The summed E-state index contributed by atoms with van der Waals surface area (Å²) in [6.07, 6.45) is 3.90. The SMILES string of the molecule is CSc1ncc(N(C)[C@H]2C[C@@H]3CCC([C@H]2F)N3C(=O)OC(C)(C)C)nn1. The molecule has 0 radical (unpaired) electrons. The number of carbonyl (C=O) groups is 1. The Bertz CT molecular complexity index is 654. The fourth-order valence-electron chi connectivity index (χ4n) is 3.78. The molecule has 3 heterocycles. The average molecular weight is 383 g/mol. The smallest absolute Gasteiger partial charge is 0.410 e. The molecule has 0 spiro atoms. The molecule has 1 aromatic heterocycles. The molecule has 1 unspecified atom stereocenters. The molecule has 144 valence electrons. The molecule has 0 aliphatic carbocycles. The predicted molar refractivity (Wildman–Crippen MR) is 98.2 cm³/mol. The predicted octanol–water partition coefficient (Wildman–Crippen LogP) is 2.91. The summed E-state index contributed by atoms with van der Waals surface area (Å²) >= 11 is 1.41. The maximum atomic E-state index is 15.3. The van der Waals surface area contributed by atoms with Gasteiger partial charge in [-0.1, -0.05) is 11.8 Å². The number of anilines is 1. The quantitative estimate of drug-likeness (QED) is 0.743. The van der Waals surface area contributed by atoms with Crippen LogP contribution in [0.15, 0.2) is 11.4 Å². The highest BCUT2D eigenvalue weighted by atomic mass is 32.2. The van der Waals surface area contributed by atoms with Gasteiger partial charge in [0.15, 0.2) is 5.82 Å². The van der Waals surface area contributed by atoms with Gasteiger partial charge in [0.25, 0.3) is 0 Å². The zero-order valence-electron chi connectivity index (χ0n) is 15.8. The van der Waals surface area contributed by atoms with Crippen LogP contribution in [0, 0.1) is 0 Å². The van der Waals surface area contributed by atoms with Crippen molar-refractivity contribution >= 4 is 23.7 Å². The maximum absolute atomic E-state index is 15.3. The lowest BCUT2D eigenvalue weighted by Gasteiger charge is -2.44. The number of hydrogen-bond donors (Lipinski definition) is 0. The van der Waals surface area contributed by atoms with E-state index in [0.29, 0.717) is 23.8 Å². The van der Waals surface area contributed by atoms with Crippen LogP contribution in [0.25, 0.3) is 0 Å². The van der Waals surface area contributed by atoms with Gasteiger partial charge in [-0.3, -0.25) is 4.90 Å². The lowest BCUT2D eigenvalue weighted by molar-refractivity contribution is -0.0104. The van der Waals surface area contributed by atoms with Crippen LogP contribution in [0.1, 0.15) is 40.0 Å². The molecule has 1 aromatic rings. The molecule has 2 fully saturated rings. The second-order valence-electron chi connectivity index (χ2n) is 7.85. The van der Waals surface area contributed by atoms with E-state index in [1.165, 1.54) is 11.8 Å². The fourth-order valence-corrected chi connectivity index (χ4v) is 4.06. The van der Waals surface area contributed by atoms with Crippen LogP contribution in [0.3, 0.4) is 0 Å². The monoisotopic (exact) mass is 383 g/mol. The van der Waals surface area contributed by atoms with E-state index < -0.39 is 23.9 Å². The van der Waals surface area contributed by atoms with Crippen LogP contribution in [0.4, 0.5) is 15.0 Å². The first-order valence-corrected chi connectivity index (χ1v) is 10.1. The van der Waals surface area contributed by atoms with Gasteiger partial charge >= 0.3 is 6.09 Å². The van der Waals surface area contributed by atoms with Crippen LogP contribution >= 0.6 is 11.8 Å². The Morgan fingerprint density at radius 1 is 1.38 bits per heavy atom. The number of hydrogen-bond acceptors (Lipinski definition) is 7. The molecule has 9 heteroatoms. The number of carbonyl (C=O) groups excluding carboxylic acids is 1. The summed E-state index contributed by atoms with van der Waals surface area (Å²) in [7, 11) is 1.81. The van der Waals surface area contributed by atoms with E-state index in [1.54, 1.807) is 16.0 Å². The van der Waals surface area contributed by atoms with Crippen molar-refractivity contribution in [3.05, 3.63) is 6.20 Å². The van der Waals surface area contributed by atoms with E-state index in [4.69, 9.17) is 4.74 Å². The molecule has 0 aromatic carbocycles. The summed E-state index contributed by atoms with van der Waals surface area (Å²) in [5, 5.41) is 8.76. The Morgan fingerprint density at radius 3 is 2.69 bits per heavy atom. The van der Waals surface area contributed by atoms with Crippen molar-refractivity contribution in [1.82, 2.24) is 20.1 Å². The minimum Gasteiger partial charge on any atom is -0.444 e. The summed E-state index contributed by atoms with van der Waals surface area (Å²) in [5.74, 6) is 0.542. The highest BCUT2D eigenvalue weighted by Crippen LogP contribution is 2.40. The molecule has 7 nitrogen and oxygen atoms in total. The lowest BCUT2D eigenvalue weighted by Crippen LogP contribution is -2.59. The van der Waals surface area contributed by atoms with Crippen LogP contribution in [0.2, 0.25) is 0 Å². The van der Waals surface area contributed by atoms with Crippen molar-refractivity contribution in [2.45, 2.75) is 75.1 Å². The van der Waals surface area contributed by atoms with Crippen molar-refractivity contribution < 1.29 is 13.9 Å². The molecule has 0 N–H and O–H groups in total. The Morgan fingerprint density at radius 2 is 2.12 bits per heavy atom. The molecular weight excluding hydrogens is 357 g/mol. The molecule has 26 heavy (non-hydrogen) atoms. The summed E-state index contributed by atoms with van der Waals surface area (Å²) in [5.41, 5.74) is -0.587. The maximum Gasteiger partial charge on any atom is 0.410 e. The van der Waals surface area contributed by atoms with Gasteiger partial charge in [0, 0.05) is 13.1 Å². The number of nitrogens with zero attached hydrogens (tertiary/aromatic N) is 5. The summed E-state index contributed by atoms with van der Waals surface area (Å²) in [6.45, 7) is 5.47. The van der Waals surface area contributed by atoms with Crippen LogP contribution in [-0.2, 0) is 4.74 Å². The standard InChI is InChI=1S/C17H26FN5O2S/c1-17(2,3)25-16(24)23-10-6-7-11(23)14(18)12(8-10)22(4)13-9-19-15(26-5)21-20-13/h9-12,14H,6-8H2,1-5H3/t10-,11?,12-,14+/m0/s1. The van der Waals surface area contributed by atoms with Crippen molar-refractivity contribution in [1.29, 1.82) is 0 Å². The number of halogens is 1. The van der Waals surface area contributed by atoms with E-state index in [-0.39, 0.29) is 12.1 Å². The van der Waals surface area contributed by atoms with Crippen molar-refractivity contribution in [3.8, 4) is 0 Å². The van der Waals surface area contributed by atoms with Gasteiger partial charge in [-0.05, 0) is 46.3 Å². The van der Waals surface area contributed by atoms with Gasteiger partial charge in [0.05, 0.1) is 18.3 Å². The Balaban J connectivity index is 1.74. The summed E-state index contributed by atoms with van der Waals surface area (Å²) in [4.78, 5) is 20.2. The number of aromatic nitrogens is 3. The number of piperidine rings is 1. The molecule has 2 aliphatic rings. The highest BCUT2D eigenvalue weighted by molar-refractivity contribution is 7.98. The summed E-state index contributed by atoms with van der Waals surface area (Å²) < 4.78 is 20.8. The van der Waals surface area contributed by atoms with E-state index in [9.17, 15) is 4.79 Å². The van der Waals surface area contributed by atoms with Crippen molar-refractivity contribution in [2.75, 3.05) is 18.2 Å². The highest BCUT2D eigenvalue weighted by Gasteiger charge is 2.52. The molecule has 4 atom stereocenters. The molecular formula is C17H26FN5O2S. The third-order valence-electron chi connectivity index (χ3n) is 4.97. The van der Waals surface area contributed by atoms with Gasteiger partial charge in [0.2, 0.25) is 5.16 Å². The van der Waals surface area contributed by atoms with Gasteiger partial charge in [-0.2, -0.15) is 0 Å². The molecule has 2 saturated heterocycles. The summed E-state index contributed by atoms with van der Waals surface area (Å²) in [6, 6.07) is -0.828. The van der Waals surface area contributed by atoms with Crippen molar-refractivity contribution in [2.24, 2.45) is 0 Å². The van der Waals surface area contributed by atoms with E-state index in [2.05, 4.69) is 15.2 Å². The number of rotatable bonds is 3. The lowest BCUT2D eigenvalue weighted by atomic mass is 9.94. The second-order valence-corrected chi connectivity index (χ2v) is 8.62. The third-order valence-corrected chi connectivity index (χ3v) is 5.52. The molecule has 1 amide bonds. The van der Waals surface area contributed by atoms with E-state index in [0.717, 1.165) is 6.42 Å². The first kappa shape index (κ1) is 19.1. The minimum absolute atomic E-state index is 0.0133. The minimum atomic E-state index is -1.17. The van der Waals surface area contributed by atoms with Gasteiger partial charge in [-0.15, -0.1) is 10.2 Å². The number of alkyl halides is 1. The zero-order chi connectivity index (χ0) is 19.1. The largest absolute Gasteiger partial charge is 0.444 e. The first-order valence-electron chi connectivity index (χ1n) is 8.83. The number of thioether (sulfide) groups is 1. The zero-order valence-corrected chi connectivity index (χ0v) is 16.7. The van der Waals surface area contributed by atoms with Gasteiger partial charge < -0.3 is 9.64 Å². The van der Waals surface area contributed by atoms with E-state index in [1.807, 2.05) is 34.1 Å². The molecule has 3 rings (SSSR count). The number of amides is 1. The van der Waals surface area contributed by atoms with Crippen LogP contribution in [0.5, 0.6) is 0 Å². The van der Waals surface area contributed by atoms with Crippen LogP contribution < -0.4 is 4.90 Å². The normalized spacial score (nSPS) is 28.2. The average Bonchev–Trinajstić information content (AvgIpc) is 2.93. The Hall–Kier alpha value is -1.64. The van der Waals surface area contributed by atoms with Gasteiger partial charge in [0.1, 0.15) is 11.8 Å². The first-order chi connectivity index (χ1) is 12.2. The topological polar surface area (TPSA) is 71.5 Å². The van der Waals surface area contributed by atoms with E-state index >= 15 is 4.39 Å². The Kier molecular flexibility index (Phi) is 5.28. The molecule has 2 bridgehead atoms. The second kappa shape index (κ2) is 7.17. The number of ether oxygens (including phenoxy) is 1.